The molecule has 0 unspecified atom stereocenters. The van der Waals surface area contributed by atoms with Crippen LogP contribution in [-0.2, 0) is 19.6 Å². The number of benzene rings is 1. The second kappa shape index (κ2) is 6.11. The zero-order chi connectivity index (χ0) is 19.6. The number of allylic oxidation sites excluding steroid dienone is 1. The minimum absolute atomic E-state index is 0.0344. The van der Waals surface area contributed by atoms with E-state index in [9.17, 15) is 18.0 Å². The molecule has 0 amide bonds. The number of carbonyl (C=O) groups excluding carboxylic acids is 2. The van der Waals surface area contributed by atoms with Gasteiger partial charge in [-0.2, -0.15) is 4.31 Å². The van der Waals surface area contributed by atoms with E-state index < -0.39 is 15.4 Å². The van der Waals surface area contributed by atoms with Gasteiger partial charge in [0.1, 0.15) is 5.78 Å². The van der Waals surface area contributed by atoms with E-state index in [-0.39, 0.29) is 41.3 Å². The maximum absolute atomic E-state index is 13.2. The summed E-state index contributed by atoms with van der Waals surface area (Å²) in [5.74, 6) is -0.167. The van der Waals surface area contributed by atoms with Crippen LogP contribution in [0.3, 0.4) is 0 Å². The van der Waals surface area contributed by atoms with Crippen LogP contribution in [0.25, 0.3) is 0 Å². The molecule has 0 aromatic heterocycles. The molecule has 1 saturated carbocycles. The molecule has 144 valence electrons. The second-order valence-corrected chi connectivity index (χ2v) is 10.4. The Labute approximate surface area is 160 Å². The predicted octanol–water partition coefficient (Wildman–Crippen LogP) is 2.89. The van der Waals surface area contributed by atoms with Crippen LogP contribution in [0, 0.1) is 24.2 Å². The summed E-state index contributed by atoms with van der Waals surface area (Å²) >= 11 is 0. The summed E-state index contributed by atoms with van der Waals surface area (Å²) in [6, 6.07) is 6.88. The number of Topliss-reactive ketones (excluding diaryl/α,β-unsaturated/α-hetero) is 2. The first-order valence-corrected chi connectivity index (χ1v) is 11.0. The Bertz CT molecular complexity index is 958. The number of hydrogen-bond acceptors (Lipinski definition) is 4. The fraction of sp³-hybridized carbons (Fsp3) is 0.524. The van der Waals surface area contributed by atoms with Gasteiger partial charge >= 0.3 is 0 Å². The van der Waals surface area contributed by atoms with E-state index in [1.807, 2.05) is 20.8 Å². The number of carbonyl (C=O) groups is 2. The fourth-order valence-corrected chi connectivity index (χ4v) is 6.59. The summed E-state index contributed by atoms with van der Waals surface area (Å²) in [6.45, 7) is 6.44. The van der Waals surface area contributed by atoms with Crippen LogP contribution in [0.1, 0.15) is 38.7 Å². The molecule has 1 aromatic carbocycles. The molecular weight excluding hydrogens is 362 g/mol. The van der Waals surface area contributed by atoms with E-state index in [4.69, 9.17) is 0 Å². The summed E-state index contributed by atoms with van der Waals surface area (Å²) in [6.07, 6.45) is 1.25. The van der Waals surface area contributed by atoms with Crippen LogP contribution < -0.4 is 0 Å². The molecule has 0 N–H and O–H groups in total. The van der Waals surface area contributed by atoms with E-state index in [2.05, 4.69) is 0 Å². The molecule has 4 rings (SSSR count). The van der Waals surface area contributed by atoms with Crippen LogP contribution in [0.5, 0.6) is 0 Å². The van der Waals surface area contributed by atoms with Crippen molar-refractivity contribution < 1.29 is 18.0 Å². The molecule has 1 saturated heterocycles. The van der Waals surface area contributed by atoms with Crippen LogP contribution in [0.4, 0.5) is 0 Å². The van der Waals surface area contributed by atoms with Gasteiger partial charge in [-0.1, -0.05) is 31.5 Å². The highest BCUT2D eigenvalue weighted by atomic mass is 32.2. The van der Waals surface area contributed by atoms with Gasteiger partial charge in [-0.15, -0.1) is 0 Å². The topological polar surface area (TPSA) is 71.5 Å². The number of rotatable bonds is 3. The lowest BCUT2D eigenvalue weighted by Gasteiger charge is -2.36. The normalized spacial score (nSPS) is 28.8. The quantitative estimate of drug-likeness (QED) is 0.799. The fourth-order valence-electron chi connectivity index (χ4n) is 5.11. The zero-order valence-corrected chi connectivity index (χ0v) is 16.8. The average molecular weight is 388 g/mol. The lowest BCUT2D eigenvalue weighted by Crippen LogP contribution is -2.42. The van der Waals surface area contributed by atoms with Gasteiger partial charge in [0.2, 0.25) is 10.0 Å². The maximum atomic E-state index is 13.2. The summed E-state index contributed by atoms with van der Waals surface area (Å²) in [4.78, 5) is 25.3. The standard InChI is InChI=1S/C21H25NO4S/c1-13(2)19-18-11-22(27(25,26)16-6-4-14(3)5-7-16)12-21(18)9-8-15(23)10-17(21)20(19)24/h4-7,13,17H,8-12H2,1-3H3/t17-,21+/m1/s1. The molecule has 2 aliphatic carbocycles. The SMILES string of the molecule is Cc1ccc(S(=O)(=O)N2CC3=C(C(C)C)C(=O)[C@H]4CC(=O)CC[C@@]34C2)cc1. The summed E-state index contributed by atoms with van der Waals surface area (Å²) in [5.41, 5.74) is 2.25. The van der Waals surface area contributed by atoms with E-state index in [0.29, 0.717) is 19.4 Å². The zero-order valence-electron chi connectivity index (χ0n) is 16.0. The highest BCUT2D eigenvalue weighted by Crippen LogP contribution is 2.58. The van der Waals surface area contributed by atoms with Crippen molar-refractivity contribution in [2.75, 3.05) is 13.1 Å². The van der Waals surface area contributed by atoms with Gasteiger partial charge < -0.3 is 0 Å². The Morgan fingerprint density at radius 2 is 1.81 bits per heavy atom. The molecule has 2 fully saturated rings. The Hall–Kier alpha value is -1.79. The lowest BCUT2D eigenvalue weighted by atomic mass is 9.66. The minimum atomic E-state index is -3.63. The molecule has 1 spiro atoms. The smallest absolute Gasteiger partial charge is 0.243 e. The molecular formula is C21H25NO4S. The minimum Gasteiger partial charge on any atom is -0.300 e. The number of sulfonamides is 1. The Balaban J connectivity index is 1.78. The predicted molar refractivity (Wildman–Crippen MR) is 102 cm³/mol. The monoisotopic (exact) mass is 387 g/mol. The Morgan fingerprint density at radius 1 is 1.15 bits per heavy atom. The molecule has 27 heavy (non-hydrogen) atoms. The van der Waals surface area contributed by atoms with Gasteiger partial charge in [0.15, 0.2) is 5.78 Å². The Kier molecular flexibility index (Phi) is 4.20. The highest BCUT2D eigenvalue weighted by Gasteiger charge is 2.61. The van der Waals surface area contributed by atoms with Crippen molar-refractivity contribution in [2.45, 2.75) is 44.9 Å². The first-order chi connectivity index (χ1) is 12.7. The third-order valence-electron chi connectivity index (χ3n) is 6.49. The summed E-state index contributed by atoms with van der Waals surface area (Å²) < 4.78 is 28.0. The van der Waals surface area contributed by atoms with Gasteiger partial charge in [-0.05, 0) is 42.5 Å². The van der Waals surface area contributed by atoms with Gasteiger partial charge in [0, 0.05) is 37.3 Å². The maximum Gasteiger partial charge on any atom is 0.243 e. The van der Waals surface area contributed by atoms with Crippen molar-refractivity contribution in [1.82, 2.24) is 4.31 Å². The molecule has 0 bridgehead atoms. The largest absolute Gasteiger partial charge is 0.300 e. The van der Waals surface area contributed by atoms with E-state index >= 15 is 0 Å². The van der Waals surface area contributed by atoms with Gasteiger partial charge in [0.25, 0.3) is 0 Å². The molecule has 1 aromatic rings. The van der Waals surface area contributed by atoms with Gasteiger partial charge in [-0.25, -0.2) is 8.42 Å². The summed E-state index contributed by atoms with van der Waals surface area (Å²) in [5, 5.41) is 0. The molecule has 2 atom stereocenters. The van der Waals surface area contributed by atoms with Crippen molar-refractivity contribution >= 4 is 21.6 Å². The summed E-state index contributed by atoms with van der Waals surface area (Å²) in [7, 11) is -3.63. The van der Waals surface area contributed by atoms with E-state index in [1.54, 1.807) is 24.3 Å². The number of nitrogens with zero attached hydrogens (tertiary/aromatic N) is 1. The average Bonchev–Trinajstić information content (AvgIpc) is 3.07. The third-order valence-corrected chi connectivity index (χ3v) is 8.29. The van der Waals surface area contributed by atoms with Crippen molar-refractivity contribution in [1.29, 1.82) is 0 Å². The van der Waals surface area contributed by atoms with Crippen LogP contribution in [-0.4, -0.2) is 37.4 Å². The van der Waals surface area contributed by atoms with E-state index in [1.165, 1.54) is 4.31 Å². The first kappa shape index (κ1) is 18.6. The first-order valence-electron chi connectivity index (χ1n) is 9.53. The van der Waals surface area contributed by atoms with Crippen LogP contribution >= 0.6 is 0 Å². The molecule has 0 radical (unpaired) electrons. The molecule has 1 heterocycles. The van der Waals surface area contributed by atoms with Crippen molar-refractivity contribution in [3.05, 3.63) is 41.0 Å². The van der Waals surface area contributed by atoms with Crippen LogP contribution in [0.15, 0.2) is 40.3 Å². The molecule has 1 aliphatic heterocycles. The second-order valence-electron chi connectivity index (χ2n) is 8.45. The number of aryl methyl sites for hydroxylation is 1. The lowest BCUT2D eigenvalue weighted by molar-refractivity contribution is -0.131. The molecule has 6 heteroatoms. The van der Waals surface area contributed by atoms with Crippen LogP contribution in [0.2, 0.25) is 0 Å². The molecule has 5 nitrogen and oxygen atoms in total. The van der Waals surface area contributed by atoms with Crippen molar-refractivity contribution in [3.63, 3.8) is 0 Å². The number of hydrogen-bond donors (Lipinski definition) is 0. The van der Waals surface area contributed by atoms with Gasteiger partial charge in [-0.3, -0.25) is 9.59 Å². The number of ketones is 2. The van der Waals surface area contributed by atoms with E-state index in [0.717, 1.165) is 16.7 Å². The highest BCUT2D eigenvalue weighted by molar-refractivity contribution is 7.89. The third kappa shape index (κ3) is 2.64. The molecule has 3 aliphatic rings. The van der Waals surface area contributed by atoms with Gasteiger partial charge in [0.05, 0.1) is 4.90 Å². The van der Waals surface area contributed by atoms with Crippen molar-refractivity contribution in [3.8, 4) is 0 Å². The Morgan fingerprint density at radius 3 is 2.44 bits per heavy atom. The van der Waals surface area contributed by atoms with Crippen molar-refractivity contribution in [2.24, 2.45) is 17.3 Å².